The van der Waals surface area contributed by atoms with Crippen molar-refractivity contribution in [1.29, 1.82) is 0 Å². The first-order valence-electron chi connectivity index (χ1n) is 6.14. The number of rotatable bonds is 8. The first-order valence-corrected chi connectivity index (χ1v) is 6.14. The summed E-state index contributed by atoms with van der Waals surface area (Å²) in [4.78, 5) is 34.1. The molecule has 108 valence electrons. The number of carbonyl (C=O) groups excluding carboxylic acids is 2. The number of allylic oxidation sites excluding steroid dienone is 1. The quantitative estimate of drug-likeness (QED) is 0.409. The van der Waals surface area contributed by atoms with E-state index in [1.165, 1.54) is 7.11 Å². The standard InChI is InChI=1S/C13H20O6/c1-4-6-7-9(12(16)18-3)8-10(11(14)15)13(17)19-5-2/h7,10H,4-6,8H2,1-3H3,(H,14,15)/b9-7+. The molecule has 0 radical (unpaired) electrons. The van der Waals surface area contributed by atoms with Gasteiger partial charge in [0, 0.05) is 12.0 Å². The molecule has 0 aromatic heterocycles. The SMILES string of the molecule is CCC/C=C(\CC(C(=O)O)C(=O)OCC)C(=O)OC. The molecule has 0 aromatic carbocycles. The second-order valence-electron chi connectivity index (χ2n) is 3.86. The van der Waals surface area contributed by atoms with E-state index in [0.29, 0.717) is 6.42 Å². The van der Waals surface area contributed by atoms with Crippen LogP contribution < -0.4 is 0 Å². The van der Waals surface area contributed by atoms with Crippen molar-refractivity contribution in [1.82, 2.24) is 0 Å². The Kier molecular flexibility index (Phi) is 8.24. The molecule has 0 heterocycles. The van der Waals surface area contributed by atoms with Crippen molar-refractivity contribution in [3.63, 3.8) is 0 Å². The number of carbonyl (C=O) groups is 3. The minimum atomic E-state index is -1.39. The topological polar surface area (TPSA) is 89.9 Å². The van der Waals surface area contributed by atoms with Crippen LogP contribution in [-0.4, -0.2) is 36.7 Å². The number of hydrogen-bond acceptors (Lipinski definition) is 5. The van der Waals surface area contributed by atoms with Crippen molar-refractivity contribution >= 4 is 17.9 Å². The summed E-state index contributed by atoms with van der Waals surface area (Å²) in [5.41, 5.74) is 0.185. The Morgan fingerprint density at radius 3 is 2.32 bits per heavy atom. The van der Waals surface area contributed by atoms with Crippen LogP contribution in [0.4, 0.5) is 0 Å². The van der Waals surface area contributed by atoms with Gasteiger partial charge in [-0.1, -0.05) is 19.4 Å². The minimum absolute atomic E-state index is 0.0921. The lowest BCUT2D eigenvalue weighted by Gasteiger charge is -2.12. The Balaban J connectivity index is 4.99. The van der Waals surface area contributed by atoms with Crippen molar-refractivity contribution in [2.24, 2.45) is 5.92 Å². The van der Waals surface area contributed by atoms with Gasteiger partial charge < -0.3 is 14.6 Å². The monoisotopic (exact) mass is 272 g/mol. The minimum Gasteiger partial charge on any atom is -0.481 e. The molecule has 0 aliphatic carbocycles. The molecule has 0 spiro atoms. The fourth-order valence-electron chi connectivity index (χ4n) is 1.43. The van der Waals surface area contributed by atoms with Crippen LogP contribution in [0.15, 0.2) is 11.6 Å². The van der Waals surface area contributed by atoms with E-state index >= 15 is 0 Å². The zero-order valence-corrected chi connectivity index (χ0v) is 11.5. The fourth-order valence-corrected chi connectivity index (χ4v) is 1.43. The maximum Gasteiger partial charge on any atom is 0.333 e. The highest BCUT2D eigenvalue weighted by Crippen LogP contribution is 2.17. The van der Waals surface area contributed by atoms with Crippen LogP contribution in [0.3, 0.4) is 0 Å². The third kappa shape index (κ3) is 6.03. The largest absolute Gasteiger partial charge is 0.481 e. The maximum atomic E-state index is 11.5. The van der Waals surface area contributed by atoms with E-state index in [4.69, 9.17) is 5.11 Å². The lowest BCUT2D eigenvalue weighted by Crippen LogP contribution is -2.27. The molecule has 0 aliphatic rings. The Morgan fingerprint density at radius 1 is 1.26 bits per heavy atom. The molecular weight excluding hydrogens is 252 g/mol. The summed E-state index contributed by atoms with van der Waals surface area (Å²) in [6, 6.07) is 0. The van der Waals surface area contributed by atoms with Gasteiger partial charge in [-0.25, -0.2) is 4.79 Å². The van der Waals surface area contributed by atoms with Gasteiger partial charge in [-0.3, -0.25) is 9.59 Å². The smallest absolute Gasteiger partial charge is 0.333 e. The lowest BCUT2D eigenvalue weighted by atomic mass is 9.98. The van der Waals surface area contributed by atoms with Crippen LogP contribution in [0.5, 0.6) is 0 Å². The highest BCUT2D eigenvalue weighted by atomic mass is 16.5. The second-order valence-corrected chi connectivity index (χ2v) is 3.86. The molecule has 0 fully saturated rings. The van der Waals surface area contributed by atoms with Crippen molar-refractivity contribution in [3.05, 3.63) is 11.6 Å². The van der Waals surface area contributed by atoms with Crippen LogP contribution in [-0.2, 0) is 23.9 Å². The third-order valence-corrected chi connectivity index (χ3v) is 2.42. The van der Waals surface area contributed by atoms with E-state index < -0.39 is 23.8 Å². The average Bonchev–Trinajstić information content (AvgIpc) is 2.37. The average molecular weight is 272 g/mol. The molecule has 1 N–H and O–H groups in total. The normalized spacial score (nSPS) is 12.7. The molecule has 0 bridgehead atoms. The van der Waals surface area contributed by atoms with Crippen LogP contribution in [0, 0.1) is 5.92 Å². The Hall–Kier alpha value is -1.85. The Bertz CT molecular complexity index is 358. The van der Waals surface area contributed by atoms with Gasteiger partial charge in [0.2, 0.25) is 0 Å². The zero-order chi connectivity index (χ0) is 14.8. The number of ether oxygens (including phenoxy) is 2. The molecule has 6 heteroatoms. The van der Waals surface area contributed by atoms with Crippen LogP contribution in [0.25, 0.3) is 0 Å². The van der Waals surface area contributed by atoms with Crippen LogP contribution in [0.2, 0.25) is 0 Å². The van der Waals surface area contributed by atoms with E-state index in [1.54, 1.807) is 13.0 Å². The molecule has 0 aromatic rings. The van der Waals surface area contributed by atoms with Crippen molar-refractivity contribution in [2.75, 3.05) is 13.7 Å². The molecule has 1 atom stereocenters. The summed E-state index contributed by atoms with van der Waals surface area (Å²) in [5, 5.41) is 9.02. The second kappa shape index (κ2) is 9.13. The summed E-state index contributed by atoms with van der Waals surface area (Å²) >= 11 is 0. The Labute approximate surface area is 112 Å². The van der Waals surface area contributed by atoms with Crippen LogP contribution >= 0.6 is 0 Å². The van der Waals surface area contributed by atoms with E-state index in [-0.39, 0.29) is 18.6 Å². The van der Waals surface area contributed by atoms with E-state index in [2.05, 4.69) is 9.47 Å². The number of aliphatic carboxylic acids is 1. The van der Waals surface area contributed by atoms with Gasteiger partial charge in [-0.2, -0.15) is 0 Å². The first-order chi connectivity index (χ1) is 8.97. The highest BCUT2D eigenvalue weighted by Gasteiger charge is 2.30. The molecule has 0 amide bonds. The number of carboxylic acid groups (broad SMARTS) is 1. The molecule has 0 saturated carbocycles. The third-order valence-electron chi connectivity index (χ3n) is 2.42. The molecule has 19 heavy (non-hydrogen) atoms. The number of carboxylic acids is 1. The van der Waals surface area contributed by atoms with Gasteiger partial charge in [0.15, 0.2) is 5.92 Å². The van der Waals surface area contributed by atoms with Crippen molar-refractivity contribution in [3.8, 4) is 0 Å². The van der Waals surface area contributed by atoms with Gasteiger partial charge in [0.1, 0.15) is 0 Å². The lowest BCUT2D eigenvalue weighted by molar-refractivity contribution is -0.158. The van der Waals surface area contributed by atoms with E-state index in [1.807, 2.05) is 6.92 Å². The van der Waals surface area contributed by atoms with Crippen molar-refractivity contribution < 1.29 is 29.0 Å². The van der Waals surface area contributed by atoms with Gasteiger partial charge >= 0.3 is 17.9 Å². The van der Waals surface area contributed by atoms with Gasteiger partial charge in [-0.05, 0) is 13.3 Å². The highest BCUT2D eigenvalue weighted by molar-refractivity contribution is 5.97. The summed E-state index contributed by atoms with van der Waals surface area (Å²) < 4.78 is 9.26. The summed E-state index contributed by atoms with van der Waals surface area (Å²) in [5.74, 6) is -4.17. The number of hydrogen-bond donors (Lipinski definition) is 1. The molecule has 6 nitrogen and oxygen atoms in total. The Morgan fingerprint density at radius 2 is 1.89 bits per heavy atom. The predicted molar refractivity (Wildman–Crippen MR) is 67.4 cm³/mol. The van der Waals surface area contributed by atoms with Gasteiger partial charge in [-0.15, -0.1) is 0 Å². The molecule has 1 unspecified atom stereocenters. The molecule has 0 rings (SSSR count). The van der Waals surface area contributed by atoms with Crippen LogP contribution in [0.1, 0.15) is 33.1 Å². The summed E-state index contributed by atoms with van der Waals surface area (Å²) in [6.45, 7) is 3.60. The zero-order valence-electron chi connectivity index (χ0n) is 11.5. The maximum absolute atomic E-state index is 11.5. The molecular formula is C13H20O6. The summed E-state index contributed by atoms with van der Waals surface area (Å²) in [6.07, 6.45) is 2.79. The van der Waals surface area contributed by atoms with E-state index in [9.17, 15) is 14.4 Å². The van der Waals surface area contributed by atoms with E-state index in [0.717, 1.165) is 6.42 Å². The van der Waals surface area contributed by atoms with Gasteiger partial charge in [0.25, 0.3) is 0 Å². The molecule has 0 saturated heterocycles. The number of esters is 2. The fraction of sp³-hybridized carbons (Fsp3) is 0.615. The first kappa shape index (κ1) is 17.2. The number of methoxy groups -OCH3 is 1. The number of unbranched alkanes of at least 4 members (excludes halogenated alkanes) is 1. The summed E-state index contributed by atoms with van der Waals surface area (Å²) in [7, 11) is 1.21. The molecule has 0 aliphatic heterocycles. The van der Waals surface area contributed by atoms with Gasteiger partial charge in [0.05, 0.1) is 13.7 Å². The van der Waals surface area contributed by atoms with Crippen molar-refractivity contribution in [2.45, 2.75) is 33.1 Å². The predicted octanol–water partition coefficient (Wildman–Crippen LogP) is 1.54.